The molecule has 0 aliphatic heterocycles. The predicted octanol–water partition coefficient (Wildman–Crippen LogP) is 1.60. The molecular formula is C9H9F3N2O2. The number of nitrogens with zero attached hydrogens (tertiary/aromatic N) is 2. The van der Waals surface area contributed by atoms with Gasteiger partial charge in [0.05, 0.1) is 7.11 Å². The fourth-order valence-corrected chi connectivity index (χ4v) is 0.979. The van der Waals surface area contributed by atoms with Crippen molar-refractivity contribution in [3.8, 4) is 0 Å². The van der Waals surface area contributed by atoms with Crippen molar-refractivity contribution >= 4 is 5.97 Å². The number of hydrogen-bond donors (Lipinski definition) is 0. The zero-order valence-corrected chi connectivity index (χ0v) is 8.41. The molecule has 0 radical (unpaired) electrons. The van der Waals surface area contributed by atoms with Crippen LogP contribution in [0.4, 0.5) is 13.2 Å². The van der Waals surface area contributed by atoms with Crippen LogP contribution in [0.2, 0.25) is 0 Å². The summed E-state index contributed by atoms with van der Waals surface area (Å²) >= 11 is 0. The molecule has 1 rings (SSSR count). The smallest absolute Gasteiger partial charge is 0.451 e. The lowest BCUT2D eigenvalue weighted by Gasteiger charge is -2.04. The van der Waals surface area contributed by atoms with Crippen molar-refractivity contribution in [2.75, 3.05) is 7.11 Å². The third kappa shape index (κ3) is 3.48. The number of alkyl halides is 3. The molecule has 7 heteroatoms. The molecule has 0 unspecified atom stereocenters. The van der Waals surface area contributed by atoms with Gasteiger partial charge in [0.25, 0.3) is 0 Å². The van der Waals surface area contributed by atoms with Crippen LogP contribution in [0, 0.1) is 0 Å². The van der Waals surface area contributed by atoms with Crippen molar-refractivity contribution in [3.63, 3.8) is 0 Å². The molecule has 1 aromatic rings. The van der Waals surface area contributed by atoms with E-state index in [9.17, 15) is 18.0 Å². The van der Waals surface area contributed by atoms with Gasteiger partial charge in [-0.25, -0.2) is 9.97 Å². The number of carbonyl (C=O) groups is 1. The Hall–Kier alpha value is -1.66. The summed E-state index contributed by atoms with van der Waals surface area (Å²) in [6.45, 7) is 0. The molecule has 0 fully saturated rings. The number of carbonyl (C=O) groups excluding carboxylic acids is 1. The van der Waals surface area contributed by atoms with Crippen molar-refractivity contribution in [2.45, 2.75) is 19.0 Å². The van der Waals surface area contributed by atoms with Crippen LogP contribution >= 0.6 is 0 Å². The minimum absolute atomic E-state index is 0.0885. The number of aryl methyl sites for hydroxylation is 1. The lowest BCUT2D eigenvalue weighted by molar-refractivity contribution is -0.145. The van der Waals surface area contributed by atoms with Gasteiger partial charge in [-0.15, -0.1) is 0 Å². The summed E-state index contributed by atoms with van der Waals surface area (Å²) in [6.07, 6.45) is -2.09. The molecule has 0 bridgehead atoms. The van der Waals surface area contributed by atoms with Gasteiger partial charge in [0, 0.05) is 18.8 Å². The number of aromatic nitrogens is 2. The fourth-order valence-electron chi connectivity index (χ4n) is 0.979. The molecule has 88 valence electrons. The third-order valence-corrected chi connectivity index (χ3v) is 1.80. The Morgan fingerprint density at radius 3 is 2.38 bits per heavy atom. The molecule has 0 atom stereocenters. The summed E-state index contributed by atoms with van der Waals surface area (Å²) in [5.41, 5.74) is 0.457. The molecule has 0 amide bonds. The highest BCUT2D eigenvalue weighted by Crippen LogP contribution is 2.25. The standard InChI is InChI=1S/C9H9F3N2O2/c1-16-7(15)3-2-6-4-13-8(14-5-6)9(10,11)12/h4-5H,2-3H2,1H3. The molecular weight excluding hydrogens is 225 g/mol. The van der Waals surface area contributed by atoms with E-state index in [0.29, 0.717) is 5.56 Å². The van der Waals surface area contributed by atoms with E-state index in [1.54, 1.807) is 0 Å². The lowest BCUT2D eigenvalue weighted by atomic mass is 10.2. The summed E-state index contributed by atoms with van der Waals surface area (Å²) in [6, 6.07) is 0. The average Bonchev–Trinajstić information content (AvgIpc) is 2.25. The van der Waals surface area contributed by atoms with E-state index in [1.165, 1.54) is 7.11 Å². The van der Waals surface area contributed by atoms with Crippen LogP contribution in [0.15, 0.2) is 12.4 Å². The topological polar surface area (TPSA) is 52.1 Å². The van der Waals surface area contributed by atoms with Crippen LogP contribution in [-0.2, 0) is 22.1 Å². The van der Waals surface area contributed by atoms with Crippen molar-refractivity contribution in [3.05, 3.63) is 23.8 Å². The van der Waals surface area contributed by atoms with Gasteiger partial charge in [-0.1, -0.05) is 0 Å². The molecule has 4 nitrogen and oxygen atoms in total. The number of methoxy groups -OCH3 is 1. The monoisotopic (exact) mass is 234 g/mol. The molecule has 0 aliphatic rings. The Kier molecular flexibility index (Phi) is 3.81. The molecule has 0 N–H and O–H groups in total. The average molecular weight is 234 g/mol. The Labute approximate surface area is 89.5 Å². The van der Waals surface area contributed by atoms with Crippen LogP contribution in [0.3, 0.4) is 0 Å². The first kappa shape index (κ1) is 12.4. The highest BCUT2D eigenvalue weighted by Gasteiger charge is 2.34. The summed E-state index contributed by atoms with van der Waals surface area (Å²) in [5.74, 6) is -1.62. The minimum atomic E-state index is -4.54. The van der Waals surface area contributed by atoms with Crippen LogP contribution in [0.5, 0.6) is 0 Å². The molecule has 0 saturated heterocycles. The molecule has 16 heavy (non-hydrogen) atoms. The Balaban J connectivity index is 2.62. The normalized spacial score (nSPS) is 11.2. The number of hydrogen-bond acceptors (Lipinski definition) is 4. The number of rotatable bonds is 3. The van der Waals surface area contributed by atoms with E-state index in [4.69, 9.17) is 0 Å². The van der Waals surface area contributed by atoms with Gasteiger partial charge in [0.15, 0.2) is 0 Å². The zero-order valence-electron chi connectivity index (χ0n) is 8.41. The van der Waals surface area contributed by atoms with Crippen LogP contribution < -0.4 is 0 Å². The first-order chi connectivity index (χ1) is 7.43. The lowest BCUT2D eigenvalue weighted by Crippen LogP contribution is -2.11. The van der Waals surface area contributed by atoms with Gasteiger partial charge in [-0.2, -0.15) is 13.2 Å². The summed E-state index contributed by atoms with van der Waals surface area (Å²) < 4.78 is 40.7. The van der Waals surface area contributed by atoms with Crippen molar-refractivity contribution in [1.82, 2.24) is 9.97 Å². The quantitative estimate of drug-likeness (QED) is 0.745. The highest BCUT2D eigenvalue weighted by atomic mass is 19.4. The first-order valence-electron chi connectivity index (χ1n) is 4.38. The van der Waals surface area contributed by atoms with E-state index in [1.807, 2.05) is 0 Å². The van der Waals surface area contributed by atoms with E-state index < -0.39 is 18.0 Å². The molecule has 0 spiro atoms. The van der Waals surface area contributed by atoms with Gasteiger partial charge in [0.2, 0.25) is 5.82 Å². The Morgan fingerprint density at radius 1 is 1.38 bits per heavy atom. The molecule has 1 heterocycles. The summed E-state index contributed by atoms with van der Waals surface area (Å²) in [7, 11) is 1.24. The maximum Gasteiger partial charge on any atom is 0.451 e. The maximum absolute atomic E-state index is 12.1. The zero-order chi connectivity index (χ0) is 12.2. The molecule has 1 aromatic heterocycles. The minimum Gasteiger partial charge on any atom is -0.469 e. The van der Waals surface area contributed by atoms with Gasteiger partial charge < -0.3 is 4.74 Å². The number of ether oxygens (including phenoxy) is 1. The molecule has 0 aliphatic carbocycles. The first-order valence-corrected chi connectivity index (χ1v) is 4.38. The van der Waals surface area contributed by atoms with Crippen LogP contribution in [-0.4, -0.2) is 23.0 Å². The van der Waals surface area contributed by atoms with E-state index in [2.05, 4.69) is 14.7 Å². The van der Waals surface area contributed by atoms with Crippen molar-refractivity contribution in [1.29, 1.82) is 0 Å². The second kappa shape index (κ2) is 4.91. The maximum atomic E-state index is 12.1. The highest BCUT2D eigenvalue weighted by molar-refractivity contribution is 5.69. The van der Waals surface area contributed by atoms with Crippen molar-refractivity contribution < 1.29 is 22.7 Å². The van der Waals surface area contributed by atoms with Gasteiger partial charge >= 0.3 is 12.1 Å². The second-order valence-corrected chi connectivity index (χ2v) is 2.99. The largest absolute Gasteiger partial charge is 0.469 e. The van der Waals surface area contributed by atoms with Gasteiger partial charge in [0.1, 0.15) is 0 Å². The predicted molar refractivity (Wildman–Crippen MR) is 47.4 cm³/mol. The Morgan fingerprint density at radius 2 is 1.94 bits per heavy atom. The van der Waals surface area contributed by atoms with Crippen LogP contribution in [0.25, 0.3) is 0 Å². The fraction of sp³-hybridized carbons (Fsp3) is 0.444. The van der Waals surface area contributed by atoms with Gasteiger partial charge in [-0.05, 0) is 12.0 Å². The Bertz CT molecular complexity index is 362. The summed E-state index contributed by atoms with van der Waals surface area (Å²) in [5, 5.41) is 0. The molecule has 0 aromatic carbocycles. The summed E-state index contributed by atoms with van der Waals surface area (Å²) in [4.78, 5) is 17.1. The van der Waals surface area contributed by atoms with Gasteiger partial charge in [-0.3, -0.25) is 4.79 Å². The van der Waals surface area contributed by atoms with E-state index in [-0.39, 0.29) is 12.8 Å². The number of halogens is 3. The SMILES string of the molecule is COC(=O)CCc1cnc(C(F)(F)F)nc1. The van der Waals surface area contributed by atoms with Crippen LogP contribution in [0.1, 0.15) is 17.8 Å². The third-order valence-electron chi connectivity index (χ3n) is 1.80. The molecule has 0 saturated carbocycles. The van der Waals surface area contributed by atoms with E-state index in [0.717, 1.165) is 12.4 Å². The number of esters is 1. The van der Waals surface area contributed by atoms with E-state index >= 15 is 0 Å². The van der Waals surface area contributed by atoms with Crippen molar-refractivity contribution in [2.24, 2.45) is 0 Å². The second-order valence-electron chi connectivity index (χ2n) is 2.99.